The van der Waals surface area contributed by atoms with Gasteiger partial charge in [-0.1, -0.05) is 54.2 Å². The highest BCUT2D eigenvalue weighted by molar-refractivity contribution is 7.98. The number of nitrogens with zero attached hydrogens (tertiary/aromatic N) is 3. The molecule has 2 aromatic carbocycles. The molecule has 1 aromatic heterocycles. The molecule has 3 aromatic rings. The topological polar surface area (TPSA) is 95.1 Å². The molecule has 29 heavy (non-hydrogen) atoms. The molecule has 8 heteroatoms. The number of nitrogens with two attached hydrogens (primary N) is 1. The van der Waals surface area contributed by atoms with Gasteiger partial charge in [0.1, 0.15) is 11.8 Å². The molecule has 0 saturated carbocycles. The van der Waals surface area contributed by atoms with E-state index in [1.54, 1.807) is 23.6 Å². The first kappa shape index (κ1) is 19.1. The number of amides is 1. The fourth-order valence-corrected chi connectivity index (χ4v) is 4.11. The Balaban J connectivity index is 1.69. The SMILES string of the molecule is COc1ccc([C@H]2C(C(N)=O)=C(C)Nc3nc(SCc4ccccc4)nn32)cc1. The molecule has 7 nitrogen and oxygen atoms in total. The molecule has 3 N–H and O–H groups in total. The van der Waals surface area contributed by atoms with Crippen molar-refractivity contribution in [2.24, 2.45) is 5.73 Å². The van der Waals surface area contributed by atoms with Crippen LogP contribution in [0.25, 0.3) is 0 Å². The van der Waals surface area contributed by atoms with Crippen molar-refractivity contribution in [1.29, 1.82) is 0 Å². The van der Waals surface area contributed by atoms with Crippen molar-refractivity contribution in [3.05, 3.63) is 77.0 Å². The van der Waals surface area contributed by atoms with Crippen molar-refractivity contribution in [3.8, 4) is 5.75 Å². The van der Waals surface area contributed by atoms with Crippen LogP contribution in [0.3, 0.4) is 0 Å². The summed E-state index contributed by atoms with van der Waals surface area (Å²) in [7, 11) is 1.62. The van der Waals surface area contributed by atoms with E-state index in [1.807, 2.05) is 49.4 Å². The average Bonchev–Trinajstić information content (AvgIpc) is 3.14. The lowest BCUT2D eigenvalue weighted by Gasteiger charge is -2.27. The third-order valence-electron chi connectivity index (χ3n) is 4.74. The van der Waals surface area contributed by atoms with Gasteiger partial charge in [-0.2, -0.15) is 4.98 Å². The molecule has 1 aliphatic rings. The van der Waals surface area contributed by atoms with Gasteiger partial charge < -0.3 is 15.8 Å². The van der Waals surface area contributed by atoms with Crippen LogP contribution < -0.4 is 15.8 Å². The van der Waals surface area contributed by atoms with Gasteiger partial charge in [-0.25, -0.2) is 4.68 Å². The van der Waals surface area contributed by atoms with Crippen molar-refractivity contribution in [2.75, 3.05) is 12.4 Å². The summed E-state index contributed by atoms with van der Waals surface area (Å²) in [5, 5.41) is 8.46. The monoisotopic (exact) mass is 407 g/mol. The van der Waals surface area contributed by atoms with Gasteiger partial charge in [0.15, 0.2) is 0 Å². The maximum atomic E-state index is 12.2. The lowest BCUT2D eigenvalue weighted by molar-refractivity contribution is -0.115. The Kier molecular flexibility index (Phi) is 5.26. The first-order valence-electron chi connectivity index (χ1n) is 9.11. The molecule has 2 heterocycles. The second-order valence-electron chi connectivity index (χ2n) is 6.64. The van der Waals surface area contributed by atoms with Crippen LogP contribution in [0.2, 0.25) is 0 Å². The number of thioether (sulfide) groups is 1. The van der Waals surface area contributed by atoms with Crippen LogP contribution in [0, 0.1) is 0 Å². The highest BCUT2D eigenvalue weighted by atomic mass is 32.2. The second-order valence-corrected chi connectivity index (χ2v) is 7.58. The number of rotatable bonds is 6. The lowest BCUT2D eigenvalue weighted by Crippen LogP contribution is -2.31. The number of ether oxygens (including phenoxy) is 1. The quantitative estimate of drug-likeness (QED) is 0.609. The number of benzene rings is 2. The van der Waals surface area contributed by atoms with Crippen LogP contribution in [-0.4, -0.2) is 27.8 Å². The number of aromatic nitrogens is 3. The smallest absolute Gasteiger partial charge is 0.248 e. The van der Waals surface area contributed by atoms with Crippen molar-refractivity contribution >= 4 is 23.6 Å². The zero-order valence-corrected chi connectivity index (χ0v) is 16.9. The first-order chi connectivity index (χ1) is 14.1. The van der Waals surface area contributed by atoms with E-state index in [2.05, 4.69) is 27.5 Å². The highest BCUT2D eigenvalue weighted by Crippen LogP contribution is 2.36. The van der Waals surface area contributed by atoms with E-state index in [-0.39, 0.29) is 0 Å². The van der Waals surface area contributed by atoms with E-state index in [1.165, 1.54) is 5.56 Å². The van der Waals surface area contributed by atoms with Gasteiger partial charge in [0, 0.05) is 11.4 Å². The Labute approximate surface area is 173 Å². The maximum absolute atomic E-state index is 12.2. The fraction of sp³-hybridized carbons (Fsp3) is 0.190. The summed E-state index contributed by atoms with van der Waals surface area (Å²) in [6.07, 6.45) is 0. The van der Waals surface area contributed by atoms with Gasteiger partial charge in [-0.15, -0.1) is 5.10 Å². The van der Waals surface area contributed by atoms with Crippen LogP contribution in [0.1, 0.15) is 24.1 Å². The van der Waals surface area contributed by atoms with E-state index in [9.17, 15) is 4.79 Å². The van der Waals surface area contributed by atoms with Crippen LogP contribution >= 0.6 is 11.8 Å². The Hall–Kier alpha value is -3.26. The van der Waals surface area contributed by atoms with Crippen LogP contribution in [0.4, 0.5) is 5.95 Å². The number of carbonyl (C=O) groups excluding carboxylic acids is 1. The minimum absolute atomic E-state index is 0.451. The summed E-state index contributed by atoms with van der Waals surface area (Å²) in [5.74, 6) is 1.59. The predicted octanol–water partition coefficient (Wildman–Crippen LogP) is 3.35. The average molecular weight is 407 g/mol. The third kappa shape index (κ3) is 3.84. The molecule has 0 unspecified atom stereocenters. The zero-order chi connectivity index (χ0) is 20.4. The van der Waals surface area contributed by atoms with Gasteiger partial charge in [-0.05, 0) is 30.2 Å². The van der Waals surface area contributed by atoms with E-state index in [0.29, 0.717) is 22.4 Å². The van der Waals surface area contributed by atoms with E-state index < -0.39 is 11.9 Å². The number of methoxy groups -OCH3 is 1. The van der Waals surface area contributed by atoms with Gasteiger partial charge in [0.05, 0.1) is 12.7 Å². The Bertz CT molecular complexity index is 1060. The number of primary amides is 1. The number of fused-ring (bicyclic) bond motifs is 1. The molecule has 0 radical (unpaired) electrons. The number of nitrogens with one attached hydrogen (secondary N) is 1. The predicted molar refractivity (Wildman–Crippen MR) is 113 cm³/mol. The number of hydrogen-bond acceptors (Lipinski definition) is 6. The highest BCUT2D eigenvalue weighted by Gasteiger charge is 2.33. The van der Waals surface area contributed by atoms with Crippen LogP contribution in [0.15, 0.2) is 71.0 Å². The second kappa shape index (κ2) is 8.00. The Morgan fingerprint density at radius 1 is 1.21 bits per heavy atom. The summed E-state index contributed by atoms with van der Waals surface area (Å²) in [6.45, 7) is 1.82. The third-order valence-corrected chi connectivity index (χ3v) is 5.65. The minimum Gasteiger partial charge on any atom is -0.497 e. The van der Waals surface area contributed by atoms with E-state index in [4.69, 9.17) is 10.5 Å². The van der Waals surface area contributed by atoms with Crippen molar-refractivity contribution < 1.29 is 9.53 Å². The summed E-state index contributed by atoms with van der Waals surface area (Å²) in [4.78, 5) is 16.8. The summed E-state index contributed by atoms with van der Waals surface area (Å²) in [6, 6.07) is 17.2. The molecule has 148 valence electrons. The molecule has 1 amide bonds. The molecule has 1 aliphatic heterocycles. The zero-order valence-electron chi connectivity index (χ0n) is 16.1. The maximum Gasteiger partial charge on any atom is 0.248 e. The number of carbonyl (C=O) groups is 1. The van der Waals surface area contributed by atoms with E-state index in [0.717, 1.165) is 17.1 Å². The normalized spacial score (nSPS) is 15.6. The number of allylic oxidation sites excluding steroid dienone is 1. The van der Waals surface area contributed by atoms with Gasteiger partial charge >= 0.3 is 0 Å². The Morgan fingerprint density at radius 2 is 1.93 bits per heavy atom. The first-order valence-corrected chi connectivity index (χ1v) is 10.1. The van der Waals surface area contributed by atoms with Gasteiger partial charge in [0.2, 0.25) is 17.0 Å². The van der Waals surface area contributed by atoms with Crippen molar-refractivity contribution in [2.45, 2.75) is 23.9 Å². The lowest BCUT2D eigenvalue weighted by atomic mass is 9.95. The molecular weight excluding hydrogens is 386 g/mol. The summed E-state index contributed by atoms with van der Waals surface area (Å²) < 4.78 is 6.97. The summed E-state index contributed by atoms with van der Waals surface area (Å²) >= 11 is 1.54. The summed E-state index contributed by atoms with van der Waals surface area (Å²) in [5.41, 5.74) is 8.93. The number of hydrogen-bond donors (Lipinski definition) is 2. The molecule has 0 aliphatic carbocycles. The molecule has 0 spiro atoms. The molecule has 0 saturated heterocycles. The largest absolute Gasteiger partial charge is 0.497 e. The number of anilines is 1. The van der Waals surface area contributed by atoms with Crippen molar-refractivity contribution in [3.63, 3.8) is 0 Å². The molecule has 1 atom stereocenters. The fourth-order valence-electron chi connectivity index (χ4n) is 3.33. The standard InChI is InChI=1S/C21H21N5O2S/c1-13-17(19(22)27)18(15-8-10-16(28-2)11-9-15)26-20(23-13)24-21(25-26)29-12-14-6-4-3-5-7-14/h3-11,18H,12H2,1-2H3,(H2,22,27)(H,23,24,25)/t18-/m0/s1. The van der Waals surface area contributed by atoms with Gasteiger partial charge in [-0.3, -0.25) is 4.79 Å². The Morgan fingerprint density at radius 3 is 2.59 bits per heavy atom. The van der Waals surface area contributed by atoms with Gasteiger partial charge in [0.25, 0.3) is 0 Å². The molecule has 4 rings (SSSR count). The molecular formula is C21H21N5O2S. The van der Waals surface area contributed by atoms with Crippen LogP contribution in [0.5, 0.6) is 5.75 Å². The molecule has 0 bridgehead atoms. The van der Waals surface area contributed by atoms with Crippen LogP contribution in [-0.2, 0) is 10.5 Å². The molecule has 0 fully saturated rings. The van der Waals surface area contributed by atoms with E-state index >= 15 is 0 Å². The minimum atomic E-state index is -0.490. The van der Waals surface area contributed by atoms with Crippen molar-refractivity contribution in [1.82, 2.24) is 14.8 Å².